The molecule has 7 heteroatoms. The maximum absolute atomic E-state index is 12.1. The molecule has 7 nitrogen and oxygen atoms in total. The number of hydrogen-bond donors (Lipinski definition) is 2. The van der Waals surface area contributed by atoms with Crippen LogP contribution in [-0.2, 0) is 4.79 Å². The number of non-ortho nitro benzene ring substituents is 1. The van der Waals surface area contributed by atoms with Crippen LogP contribution in [0.1, 0.15) is 48.0 Å². The lowest BCUT2D eigenvalue weighted by Gasteiger charge is -2.20. The number of nitrogens with zero attached hydrogens (tertiary/aromatic N) is 1. The number of carbonyl (C=O) groups is 2. The van der Waals surface area contributed by atoms with Gasteiger partial charge in [-0.15, -0.1) is 0 Å². The molecule has 0 spiro atoms. The first-order chi connectivity index (χ1) is 11.5. The Morgan fingerprint density at radius 2 is 1.83 bits per heavy atom. The summed E-state index contributed by atoms with van der Waals surface area (Å²) in [5.74, 6) is -0.129. The van der Waals surface area contributed by atoms with Crippen molar-refractivity contribution in [1.29, 1.82) is 0 Å². The third kappa shape index (κ3) is 4.78. The molecule has 130 valence electrons. The van der Waals surface area contributed by atoms with Gasteiger partial charge < -0.3 is 10.6 Å². The second-order valence-corrected chi connectivity index (χ2v) is 6.14. The average molecular weight is 333 g/mol. The number of aryl methyl sites for hydroxylation is 1. The van der Waals surface area contributed by atoms with Gasteiger partial charge in [0, 0.05) is 36.7 Å². The molecule has 24 heavy (non-hydrogen) atoms. The van der Waals surface area contributed by atoms with Gasteiger partial charge in [0.15, 0.2) is 0 Å². The van der Waals surface area contributed by atoms with Gasteiger partial charge in [-0.2, -0.15) is 0 Å². The largest absolute Gasteiger partial charge is 0.354 e. The Balaban J connectivity index is 1.77. The highest BCUT2D eigenvalue weighted by atomic mass is 16.6. The number of nitro benzene ring substituents is 1. The summed E-state index contributed by atoms with van der Waals surface area (Å²) in [6, 6.07) is 4.13. The van der Waals surface area contributed by atoms with Gasteiger partial charge in [-0.05, 0) is 31.4 Å². The standard InChI is InChI=1S/C17H23N3O4/c1-12-11-14(20(23)24)7-8-15(12)17(22)19-10-9-18-16(21)13-5-3-2-4-6-13/h7-8,11,13H,2-6,9-10H2,1H3,(H,18,21)(H,19,22). The number of nitrogens with one attached hydrogen (secondary N) is 2. The van der Waals surface area contributed by atoms with Crippen LogP contribution in [0, 0.1) is 23.0 Å². The van der Waals surface area contributed by atoms with Crippen LogP contribution in [-0.4, -0.2) is 29.8 Å². The van der Waals surface area contributed by atoms with Crippen molar-refractivity contribution in [3.63, 3.8) is 0 Å². The van der Waals surface area contributed by atoms with E-state index in [1.807, 2.05) is 0 Å². The normalized spacial score (nSPS) is 14.9. The van der Waals surface area contributed by atoms with Crippen molar-refractivity contribution in [2.75, 3.05) is 13.1 Å². The molecular formula is C17H23N3O4. The minimum Gasteiger partial charge on any atom is -0.354 e. The molecule has 0 heterocycles. The third-order valence-electron chi connectivity index (χ3n) is 4.35. The molecule has 0 aromatic heterocycles. The number of hydrogen-bond acceptors (Lipinski definition) is 4. The predicted octanol–water partition coefficient (Wildman–Crippen LogP) is 2.33. The van der Waals surface area contributed by atoms with Crippen LogP contribution in [0.5, 0.6) is 0 Å². The fourth-order valence-corrected chi connectivity index (χ4v) is 2.98. The number of nitro groups is 1. The fourth-order valence-electron chi connectivity index (χ4n) is 2.98. The van der Waals surface area contributed by atoms with E-state index in [1.165, 1.54) is 24.6 Å². The Hall–Kier alpha value is -2.44. The maximum atomic E-state index is 12.1. The molecule has 0 aliphatic heterocycles. The average Bonchev–Trinajstić information content (AvgIpc) is 2.58. The third-order valence-corrected chi connectivity index (χ3v) is 4.35. The molecule has 2 amide bonds. The van der Waals surface area contributed by atoms with Crippen molar-refractivity contribution in [1.82, 2.24) is 10.6 Å². The Morgan fingerprint density at radius 3 is 2.46 bits per heavy atom. The minimum atomic E-state index is -0.491. The molecule has 1 fully saturated rings. The first-order valence-electron chi connectivity index (χ1n) is 8.30. The molecule has 2 N–H and O–H groups in total. The topological polar surface area (TPSA) is 101 Å². The molecule has 0 unspecified atom stereocenters. The highest BCUT2D eigenvalue weighted by molar-refractivity contribution is 5.95. The van der Waals surface area contributed by atoms with E-state index in [0.717, 1.165) is 25.7 Å². The molecular weight excluding hydrogens is 310 g/mol. The smallest absolute Gasteiger partial charge is 0.269 e. The molecule has 1 aliphatic carbocycles. The lowest BCUT2D eigenvalue weighted by atomic mass is 9.89. The first kappa shape index (κ1) is 17.9. The SMILES string of the molecule is Cc1cc([N+](=O)[O-])ccc1C(=O)NCCNC(=O)C1CCCCC1. The van der Waals surface area contributed by atoms with Gasteiger partial charge >= 0.3 is 0 Å². The molecule has 0 bridgehead atoms. The molecule has 0 radical (unpaired) electrons. The van der Waals surface area contributed by atoms with Crippen molar-refractivity contribution >= 4 is 17.5 Å². The molecule has 1 aromatic rings. The van der Waals surface area contributed by atoms with Crippen LogP contribution in [0.4, 0.5) is 5.69 Å². The van der Waals surface area contributed by atoms with Gasteiger partial charge in [0.1, 0.15) is 0 Å². The Labute approximate surface area is 141 Å². The Morgan fingerprint density at radius 1 is 1.17 bits per heavy atom. The van der Waals surface area contributed by atoms with E-state index < -0.39 is 4.92 Å². The first-order valence-corrected chi connectivity index (χ1v) is 8.30. The van der Waals surface area contributed by atoms with Crippen molar-refractivity contribution in [2.24, 2.45) is 5.92 Å². The predicted molar refractivity (Wildman–Crippen MR) is 89.8 cm³/mol. The van der Waals surface area contributed by atoms with E-state index in [1.54, 1.807) is 6.92 Å². The quantitative estimate of drug-likeness (QED) is 0.474. The zero-order valence-corrected chi connectivity index (χ0v) is 13.8. The highest BCUT2D eigenvalue weighted by Crippen LogP contribution is 2.23. The van der Waals surface area contributed by atoms with Crippen molar-refractivity contribution in [3.05, 3.63) is 39.4 Å². The number of benzene rings is 1. The number of amides is 2. The second-order valence-electron chi connectivity index (χ2n) is 6.14. The van der Waals surface area contributed by atoms with Crippen molar-refractivity contribution in [3.8, 4) is 0 Å². The lowest BCUT2D eigenvalue weighted by Crippen LogP contribution is -2.38. The highest BCUT2D eigenvalue weighted by Gasteiger charge is 2.20. The molecule has 1 aliphatic rings. The fraction of sp³-hybridized carbons (Fsp3) is 0.529. The van der Waals surface area contributed by atoms with Crippen LogP contribution in [0.25, 0.3) is 0 Å². The van der Waals surface area contributed by atoms with Crippen LogP contribution in [0.2, 0.25) is 0 Å². The summed E-state index contributed by atoms with van der Waals surface area (Å²) in [5, 5.41) is 16.3. The zero-order valence-electron chi connectivity index (χ0n) is 13.8. The van der Waals surface area contributed by atoms with E-state index in [0.29, 0.717) is 24.2 Å². The van der Waals surface area contributed by atoms with Crippen LogP contribution in [0.15, 0.2) is 18.2 Å². The Kier molecular flexibility index (Phi) is 6.28. The van der Waals surface area contributed by atoms with E-state index in [2.05, 4.69) is 10.6 Å². The van der Waals surface area contributed by atoms with Gasteiger partial charge in [0.2, 0.25) is 5.91 Å². The summed E-state index contributed by atoms with van der Waals surface area (Å²) >= 11 is 0. The summed E-state index contributed by atoms with van der Waals surface area (Å²) in [7, 11) is 0. The molecule has 2 rings (SSSR count). The monoisotopic (exact) mass is 333 g/mol. The minimum absolute atomic E-state index is 0.0382. The summed E-state index contributed by atoms with van der Waals surface area (Å²) in [6.45, 7) is 2.37. The lowest BCUT2D eigenvalue weighted by molar-refractivity contribution is -0.384. The van der Waals surface area contributed by atoms with E-state index in [9.17, 15) is 19.7 Å². The number of rotatable bonds is 6. The van der Waals surface area contributed by atoms with Crippen LogP contribution < -0.4 is 10.6 Å². The summed E-state index contributed by atoms with van der Waals surface area (Å²) < 4.78 is 0. The van der Waals surface area contributed by atoms with Gasteiger partial charge in [0.05, 0.1) is 4.92 Å². The molecule has 1 aromatic carbocycles. The number of carbonyl (C=O) groups excluding carboxylic acids is 2. The van der Waals surface area contributed by atoms with E-state index in [4.69, 9.17) is 0 Å². The molecule has 0 atom stereocenters. The van der Waals surface area contributed by atoms with Crippen molar-refractivity contribution in [2.45, 2.75) is 39.0 Å². The maximum Gasteiger partial charge on any atom is 0.269 e. The van der Waals surface area contributed by atoms with Crippen molar-refractivity contribution < 1.29 is 14.5 Å². The zero-order chi connectivity index (χ0) is 17.5. The summed E-state index contributed by atoms with van der Waals surface area (Å²) in [5.41, 5.74) is 0.913. The van der Waals surface area contributed by atoms with Crippen LogP contribution >= 0.6 is 0 Å². The van der Waals surface area contributed by atoms with Gasteiger partial charge in [-0.3, -0.25) is 19.7 Å². The summed E-state index contributed by atoms with van der Waals surface area (Å²) in [4.78, 5) is 34.3. The van der Waals surface area contributed by atoms with E-state index >= 15 is 0 Å². The molecule has 0 saturated heterocycles. The van der Waals surface area contributed by atoms with Gasteiger partial charge in [-0.1, -0.05) is 19.3 Å². The van der Waals surface area contributed by atoms with Gasteiger partial charge in [0.25, 0.3) is 11.6 Å². The van der Waals surface area contributed by atoms with Gasteiger partial charge in [-0.25, -0.2) is 0 Å². The van der Waals surface area contributed by atoms with E-state index in [-0.39, 0.29) is 23.4 Å². The second kappa shape index (κ2) is 8.42. The van der Waals surface area contributed by atoms with Crippen LogP contribution in [0.3, 0.4) is 0 Å². The molecule has 1 saturated carbocycles. The Bertz CT molecular complexity index is 624. The summed E-state index contributed by atoms with van der Waals surface area (Å²) in [6.07, 6.45) is 5.30.